The maximum absolute atomic E-state index is 11.4. The summed E-state index contributed by atoms with van der Waals surface area (Å²) < 4.78 is 9.96. The van der Waals surface area contributed by atoms with Gasteiger partial charge in [-0.3, -0.25) is 9.59 Å². The molecule has 0 saturated carbocycles. The number of hydrogen-bond donors (Lipinski definition) is 1. The predicted molar refractivity (Wildman–Crippen MR) is 65.8 cm³/mol. The minimum Gasteiger partial charge on any atom is -0.491 e. The molecule has 1 heterocycles. The number of nitrogens with one attached hydrogen (secondary N) is 1. The number of carbonyl (C=O) groups excluding carboxylic acids is 2. The fourth-order valence-electron chi connectivity index (χ4n) is 1.63. The largest absolute Gasteiger partial charge is 0.491 e. The molecule has 1 aliphatic heterocycles. The van der Waals surface area contributed by atoms with Crippen LogP contribution in [0.4, 0.5) is 5.69 Å². The second kappa shape index (κ2) is 5.27. The third-order valence-corrected chi connectivity index (χ3v) is 3.00. The number of halogens is 1. The van der Waals surface area contributed by atoms with Gasteiger partial charge in [-0.2, -0.15) is 0 Å². The number of benzene rings is 1. The van der Waals surface area contributed by atoms with Gasteiger partial charge >= 0.3 is 5.97 Å². The van der Waals surface area contributed by atoms with Crippen LogP contribution in [0.1, 0.15) is 17.4 Å². The Bertz CT molecular complexity index is 489. The number of alkyl halides is 1. The van der Waals surface area contributed by atoms with Crippen molar-refractivity contribution in [2.24, 2.45) is 0 Å². The zero-order chi connectivity index (χ0) is 13.1. The van der Waals surface area contributed by atoms with E-state index >= 15 is 0 Å². The molecule has 5 nitrogen and oxygen atoms in total. The Labute approximate surface area is 109 Å². The Kier molecular flexibility index (Phi) is 3.72. The van der Waals surface area contributed by atoms with Gasteiger partial charge in [-0.15, -0.1) is 11.6 Å². The standard InChI is InChI=1S/C12H12ClNO4/c1-17-12(16)11(13)7-2-3-9-8(6-7)14-10(15)4-5-18-9/h2-3,6,11H,4-5H2,1H3,(H,14,15). The van der Waals surface area contributed by atoms with Crippen molar-refractivity contribution in [1.82, 2.24) is 0 Å². The van der Waals surface area contributed by atoms with E-state index in [0.29, 0.717) is 30.0 Å². The molecule has 0 saturated heterocycles. The summed E-state index contributed by atoms with van der Waals surface area (Å²) >= 11 is 5.95. The summed E-state index contributed by atoms with van der Waals surface area (Å²) in [6.45, 7) is 0.333. The maximum Gasteiger partial charge on any atom is 0.328 e. The highest BCUT2D eigenvalue weighted by Crippen LogP contribution is 2.32. The Hall–Kier alpha value is -1.75. The normalized spacial score (nSPS) is 15.8. The van der Waals surface area contributed by atoms with Gasteiger partial charge in [0.1, 0.15) is 5.75 Å². The summed E-state index contributed by atoms with van der Waals surface area (Å²) in [4.78, 5) is 22.7. The van der Waals surface area contributed by atoms with Crippen LogP contribution in [0.25, 0.3) is 0 Å². The Morgan fingerprint density at radius 1 is 1.56 bits per heavy atom. The minimum atomic E-state index is -0.902. The summed E-state index contributed by atoms with van der Waals surface area (Å²) in [7, 11) is 1.27. The van der Waals surface area contributed by atoms with E-state index in [0.717, 1.165) is 0 Å². The van der Waals surface area contributed by atoms with E-state index in [1.54, 1.807) is 18.2 Å². The van der Waals surface area contributed by atoms with Crippen molar-refractivity contribution in [2.45, 2.75) is 11.8 Å². The Balaban J connectivity index is 2.31. The molecule has 0 spiro atoms. The fourth-order valence-corrected chi connectivity index (χ4v) is 1.86. The molecule has 1 aromatic rings. The van der Waals surface area contributed by atoms with E-state index in [-0.39, 0.29) is 5.91 Å². The summed E-state index contributed by atoms with van der Waals surface area (Å²) in [6.07, 6.45) is 0.297. The monoisotopic (exact) mass is 269 g/mol. The zero-order valence-corrected chi connectivity index (χ0v) is 10.5. The number of fused-ring (bicyclic) bond motifs is 1. The Morgan fingerprint density at radius 3 is 3.06 bits per heavy atom. The first-order valence-electron chi connectivity index (χ1n) is 5.40. The minimum absolute atomic E-state index is 0.130. The third kappa shape index (κ3) is 2.56. The molecule has 1 unspecified atom stereocenters. The third-order valence-electron chi connectivity index (χ3n) is 2.57. The molecular weight excluding hydrogens is 258 g/mol. The highest BCUT2D eigenvalue weighted by atomic mass is 35.5. The van der Waals surface area contributed by atoms with Crippen molar-refractivity contribution in [2.75, 3.05) is 19.0 Å². The van der Waals surface area contributed by atoms with Gasteiger partial charge in [0.25, 0.3) is 0 Å². The van der Waals surface area contributed by atoms with E-state index in [1.807, 2.05) is 0 Å². The number of ether oxygens (including phenoxy) is 2. The number of rotatable bonds is 2. The van der Waals surface area contributed by atoms with Crippen molar-refractivity contribution in [3.63, 3.8) is 0 Å². The Morgan fingerprint density at radius 2 is 2.33 bits per heavy atom. The lowest BCUT2D eigenvalue weighted by Gasteiger charge is -2.12. The van der Waals surface area contributed by atoms with Gasteiger partial charge < -0.3 is 14.8 Å². The SMILES string of the molecule is COC(=O)C(Cl)c1ccc2c(c1)NC(=O)CCO2. The zero-order valence-electron chi connectivity index (χ0n) is 9.73. The van der Waals surface area contributed by atoms with Crippen LogP contribution in [-0.2, 0) is 14.3 Å². The van der Waals surface area contributed by atoms with Gasteiger partial charge in [-0.05, 0) is 17.7 Å². The predicted octanol–water partition coefficient (Wildman–Crippen LogP) is 1.86. The van der Waals surface area contributed by atoms with Crippen molar-refractivity contribution < 1.29 is 19.1 Å². The molecule has 1 aliphatic rings. The van der Waals surface area contributed by atoms with Crippen LogP contribution in [0.3, 0.4) is 0 Å². The van der Waals surface area contributed by atoms with E-state index in [9.17, 15) is 9.59 Å². The van der Waals surface area contributed by atoms with Gasteiger partial charge in [-0.25, -0.2) is 0 Å². The van der Waals surface area contributed by atoms with Crippen LogP contribution in [0, 0.1) is 0 Å². The lowest BCUT2D eigenvalue weighted by molar-refractivity contribution is -0.140. The smallest absolute Gasteiger partial charge is 0.328 e. The van der Waals surface area contributed by atoms with Gasteiger partial charge in [0.2, 0.25) is 5.91 Å². The molecule has 0 radical (unpaired) electrons. The van der Waals surface area contributed by atoms with Gasteiger partial charge in [0.05, 0.1) is 25.8 Å². The van der Waals surface area contributed by atoms with Crippen molar-refractivity contribution in [3.8, 4) is 5.75 Å². The molecular formula is C12H12ClNO4. The van der Waals surface area contributed by atoms with Crippen LogP contribution in [0.2, 0.25) is 0 Å². The first kappa shape index (κ1) is 12.7. The second-order valence-electron chi connectivity index (χ2n) is 3.79. The summed E-state index contributed by atoms with van der Waals surface area (Å²) in [5, 5.41) is 1.80. The summed E-state index contributed by atoms with van der Waals surface area (Å²) in [6, 6.07) is 4.96. The number of hydrogen-bond acceptors (Lipinski definition) is 4. The molecule has 1 N–H and O–H groups in total. The molecule has 1 amide bonds. The molecule has 0 fully saturated rings. The van der Waals surface area contributed by atoms with E-state index in [2.05, 4.69) is 10.1 Å². The van der Waals surface area contributed by atoms with Crippen LogP contribution >= 0.6 is 11.6 Å². The first-order chi connectivity index (χ1) is 8.61. The summed E-state index contributed by atoms with van der Waals surface area (Å²) in [5.74, 6) is -0.106. The van der Waals surface area contributed by atoms with Crippen LogP contribution in [0.15, 0.2) is 18.2 Å². The second-order valence-corrected chi connectivity index (χ2v) is 4.22. The molecule has 6 heteroatoms. The molecule has 1 atom stereocenters. The molecule has 1 aromatic carbocycles. The van der Waals surface area contributed by atoms with Gasteiger partial charge in [0.15, 0.2) is 5.38 Å². The first-order valence-corrected chi connectivity index (χ1v) is 5.84. The molecule has 2 rings (SSSR count). The highest BCUT2D eigenvalue weighted by molar-refractivity contribution is 6.30. The number of esters is 1. The molecule has 18 heavy (non-hydrogen) atoms. The van der Waals surface area contributed by atoms with E-state index in [1.165, 1.54) is 7.11 Å². The lowest BCUT2D eigenvalue weighted by atomic mass is 10.1. The maximum atomic E-state index is 11.4. The van der Waals surface area contributed by atoms with Crippen LogP contribution in [0.5, 0.6) is 5.75 Å². The van der Waals surface area contributed by atoms with Crippen LogP contribution in [-0.4, -0.2) is 25.6 Å². The number of carbonyl (C=O) groups is 2. The summed E-state index contributed by atoms with van der Waals surface area (Å²) in [5.41, 5.74) is 1.07. The molecule has 0 bridgehead atoms. The van der Waals surface area contributed by atoms with Crippen molar-refractivity contribution in [3.05, 3.63) is 23.8 Å². The number of anilines is 1. The average molecular weight is 270 g/mol. The number of methoxy groups -OCH3 is 1. The fraction of sp³-hybridized carbons (Fsp3) is 0.333. The van der Waals surface area contributed by atoms with Crippen LogP contribution < -0.4 is 10.1 Å². The molecule has 0 aliphatic carbocycles. The average Bonchev–Trinajstić information content (AvgIpc) is 2.56. The quantitative estimate of drug-likeness (QED) is 0.657. The van der Waals surface area contributed by atoms with Crippen molar-refractivity contribution >= 4 is 29.2 Å². The van der Waals surface area contributed by atoms with E-state index < -0.39 is 11.3 Å². The number of amides is 1. The van der Waals surface area contributed by atoms with Crippen molar-refractivity contribution in [1.29, 1.82) is 0 Å². The lowest BCUT2D eigenvalue weighted by Crippen LogP contribution is -2.11. The molecule has 96 valence electrons. The van der Waals surface area contributed by atoms with Gasteiger partial charge in [0, 0.05) is 0 Å². The molecule has 0 aromatic heterocycles. The van der Waals surface area contributed by atoms with Gasteiger partial charge in [-0.1, -0.05) is 6.07 Å². The van der Waals surface area contributed by atoms with E-state index in [4.69, 9.17) is 16.3 Å². The topological polar surface area (TPSA) is 64.6 Å². The highest BCUT2D eigenvalue weighted by Gasteiger charge is 2.21.